The van der Waals surface area contributed by atoms with Gasteiger partial charge in [-0.3, -0.25) is 9.59 Å². The molecule has 4 heteroatoms. The van der Waals surface area contributed by atoms with Gasteiger partial charge in [0.1, 0.15) is 6.42 Å². The van der Waals surface area contributed by atoms with Crippen LogP contribution in [0.25, 0.3) is 0 Å². The third-order valence-electron chi connectivity index (χ3n) is 0.796. The number of carbonyl (C=O) groups excluding carboxylic acids is 2. The lowest BCUT2D eigenvalue weighted by molar-refractivity contribution is -0.145. The molecular formula is C8H15ClO3. The first-order valence-electron chi connectivity index (χ1n) is 3.94. The third kappa shape index (κ3) is 9.43. The SMILES string of the molecule is CC.CCOC(=O)CC(=O)CCl. The number of hydrogen-bond donors (Lipinski definition) is 0. The average Bonchev–Trinajstić information content (AvgIpc) is 2.08. The first kappa shape index (κ1) is 14.0. The quantitative estimate of drug-likeness (QED) is 0.389. The van der Waals surface area contributed by atoms with Crippen LogP contribution in [-0.4, -0.2) is 24.2 Å². The monoisotopic (exact) mass is 194 g/mol. The highest BCUT2D eigenvalue weighted by Crippen LogP contribution is 1.90. The van der Waals surface area contributed by atoms with Crippen molar-refractivity contribution in [1.29, 1.82) is 0 Å². The van der Waals surface area contributed by atoms with E-state index in [4.69, 9.17) is 11.6 Å². The van der Waals surface area contributed by atoms with Gasteiger partial charge in [-0.2, -0.15) is 0 Å². The Morgan fingerprint density at radius 3 is 2.17 bits per heavy atom. The summed E-state index contributed by atoms with van der Waals surface area (Å²) in [4.78, 5) is 21.0. The molecule has 12 heavy (non-hydrogen) atoms. The third-order valence-corrected chi connectivity index (χ3v) is 1.09. The van der Waals surface area contributed by atoms with E-state index in [9.17, 15) is 9.59 Å². The van der Waals surface area contributed by atoms with E-state index in [0.29, 0.717) is 6.61 Å². The maximum Gasteiger partial charge on any atom is 0.313 e. The molecule has 0 fully saturated rings. The molecule has 0 bridgehead atoms. The Morgan fingerprint density at radius 1 is 1.33 bits per heavy atom. The van der Waals surface area contributed by atoms with E-state index >= 15 is 0 Å². The molecule has 0 saturated carbocycles. The number of hydrogen-bond acceptors (Lipinski definition) is 3. The van der Waals surface area contributed by atoms with Gasteiger partial charge in [0.15, 0.2) is 5.78 Å². The van der Waals surface area contributed by atoms with Gasteiger partial charge < -0.3 is 4.74 Å². The van der Waals surface area contributed by atoms with E-state index in [-0.39, 0.29) is 18.1 Å². The number of alkyl halides is 1. The van der Waals surface area contributed by atoms with Crippen LogP contribution in [0.15, 0.2) is 0 Å². The summed E-state index contributed by atoms with van der Waals surface area (Å²) in [5.74, 6) is -0.938. The van der Waals surface area contributed by atoms with Crippen LogP contribution in [-0.2, 0) is 14.3 Å². The number of rotatable bonds is 4. The van der Waals surface area contributed by atoms with Crippen LogP contribution in [0.5, 0.6) is 0 Å². The molecule has 0 heterocycles. The molecule has 0 rings (SSSR count). The smallest absolute Gasteiger partial charge is 0.313 e. The maximum atomic E-state index is 10.5. The summed E-state index contributed by atoms with van der Waals surface area (Å²) in [5, 5.41) is 0. The molecule has 0 spiro atoms. The van der Waals surface area contributed by atoms with Crippen LogP contribution < -0.4 is 0 Å². The zero-order valence-corrected chi connectivity index (χ0v) is 8.48. The Balaban J connectivity index is 0. The summed E-state index contributed by atoms with van der Waals surface area (Å²) < 4.78 is 4.50. The highest BCUT2D eigenvalue weighted by Gasteiger charge is 2.07. The van der Waals surface area contributed by atoms with E-state index in [2.05, 4.69) is 4.74 Å². The Bertz CT molecular complexity index is 134. The van der Waals surface area contributed by atoms with Crippen LogP contribution in [0, 0.1) is 0 Å². The van der Waals surface area contributed by atoms with Crippen LogP contribution >= 0.6 is 11.6 Å². The van der Waals surface area contributed by atoms with Gasteiger partial charge in [0.05, 0.1) is 12.5 Å². The number of halogens is 1. The van der Waals surface area contributed by atoms with Crippen molar-refractivity contribution < 1.29 is 14.3 Å². The topological polar surface area (TPSA) is 43.4 Å². The Labute approximate surface area is 78.0 Å². The zero-order valence-electron chi connectivity index (χ0n) is 7.72. The molecular weight excluding hydrogens is 180 g/mol. The largest absolute Gasteiger partial charge is 0.466 e. The Hall–Kier alpha value is -0.570. The molecule has 0 aromatic rings. The van der Waals surface area contributed by atoms with Crippen LogP contribution in [0.2, 0.25) is 0 Å². The van der Waals surface area contributed by atoms with E-state index in [1.807, 2.05) is 13.8 Å². The normalized spacial score (nSPS) is 8.00. The Kier molecular flexibility index (Phi) is 12.2. The molecule has 0 saturated heterocycles. The van der Waals surface area contributed by atoms with Crippen LogP contribution in [0.4, 0.5) is 0 Å². The van der Waals surface area contributed by atoms with Gasteiger partial charge in [0.25, 0.3) is 0 Å². The molecule has 0 amide bonds. The fourth-order valence-corrected chi connectivity index (χ4v) is 0.515. The van der Waals surface area contributed by atoms with Crippen LogP contribution in [0.1, 0.15) is 27.2 Å². The van der Waals surface area contributed by atoms with Crippen molar-refractivity contribution in [2.75, 3.05) is 12.5 Å². The minimum atomic E-state index is -0.506. The lowest BCUT2D eigenvalue weighted by Crippen LogP contribution is -2.11. The van der Waals surface area contributed by atoms with E-state index in [1.165, 1.54) is 0 Å². The zero-order chi connectivity index (χ0) is 9.98. The molecule has 0 aliphatic rings. The van der Waals surface area contributed by atoms with E-state index in [0.717, 1.165) is 0 Å². The number of esters is 1. The molecule has 0 radical (unpaired) electrons. The summed E-state index contributed by atoms with van der Waals surface area (Å²) in [6, 6.07) is 0. The average molecular weight is 195 g/mol. The van der Waals surface area contributed by atoms with Crippen molar-refractivity contribution in [3.63, 3.8) is 0 Å². The molecule has 0 aliphatic carbocycles. The molecule has 0 atom stereocenters. The lowest BCUT2D eigenvalue weighted by Gasteiger charge is -1.97. The molecule has 0 N–H and O–H groups in total. The van der Waals surface area contributed by atoms with Crippen molar-refractivity contribution >= 4 is 23.4 Å². The van der Waals surface area contributed by atoms with E-state index < -0.39 is 5.97 Å². The minimum absolute atomic E-state index is 0.126. The number of ketones is 1. The van der Waals surface area contributed by atoms with Gasteiger partial charge in [-0.05, 0) is 6.92 Å². The van der Waals surface area contributed by atoms with Crippen molar-refractivity contribution in [3.05, 3.63) is 0 Å². The minimum Gasteiger partial charge on any atom is -0.466 e. The summed E-state index contributed by atoms with van der Waals surface area (Å²) in [6.07, 6.45) is -0.211. The molecule has 72 valence electrons. The summed E-state index contributed by atoms with van der Waals surface area (Å²) >= 11 is 5.14. The van der Waals surface area contributed by atoms with Gasteiger partial charge in [-0.25, -0.2) is 0 Å². The first-order valence-corrected chi connectivity index (χ1v) is 4.47. The first-order chi connectivity index (χ1) is 5.70. The van der Waals surface area contributed by atoms with Gasteiger partial charge in [0, 0.05) is 0 Å². The highest BCUT2D eigenvalue weighted by molar-refractivity contribution is 6.28. The summed E-state index contributed by atoms with van der Waals surface area (Å²) in [7, 11) is 0. The number of Topliss-reactive ketones (excluding diaryl/α,β-unsaturated/α-hetero) is 1. The fourth-order valence-electron chi connectivity index (χ4n) is 0.420. The van der Waals surface area contributed by atoms with Gasteiger partial charge in [0.2, 0.25) is 0 Å². The summed E-state index contributed by atoms with van der Waals surface area (Å²) in [6.45, 7) is 5.98. The second kappa shape index (κ2) is 10.4. The lowest BCUT2D eigenvalue weighted by atomic mass is 10.3. The summed E-state index contributed by atoms with van der Waals surface area (Å²) in [5.41, 5.74) is 0. The van der Waals surface area contributed by atoms with Crippen LogP contribution in [0.3, 0.4) is 0 Å². The fraction of sp³-hybridized carbons (Fsp3) is 0.750. The predicted octanol–water partition coefficient (Wildman–Crippen LogP) is 1.77. The van der Waals surface area contributed by atoms with Crippen molar-refractivity contribution in [2.24, 2.45) is 0 Å². The predicted molar refractivity (Wildman–Crippen MR) is 48.3 cm³/mol. The molecule has 0 aromatic heterocycles. The Morgan fingerprint density at radius 2 is 1.83 bits per heavy atom. The van der Waals surface area contributed by atoms with Crippen molar-refractivity contribution in [1.82, 2.24) is 0 Å². The molecule has 0 aliphatic heterocycles. The number of ether oxygens (including phenoxy) is 1. The standard InChI is InChI=1S/C6H9ClO3.C2H6/c1-2-10-6(9)3-5(8)4-7;1-2/h2-4H2,1H3;1-2H3. The second-order valence-corrected chi connectivity index (χ2v) is 1.92. The molecule has 0 unspecified atom stereocenters. The molecule has 3 nitrogen and oxygen atoms in total. The van der Waals surface area contributed by atoms with Crippen molar-refractivity contribution in [2.45, 2.75) is 27.2 Å². The second-order valence-electron chi connectivity index (χ2n) is 1.65. The highest BCUT2D eigenvalue weighted by atomic mass is 35.5. The number of carbonyl (C=O) groups is 2. The van der Waals surface area contributed by atoms with Gasteiger partial charge in [-0.15, -0.1) is 11.6 Å². The van der Waals surface area contributed by atoms with Crippen molar-refractivity contribution in [3.8, 4) is 0 Å². The van der Waals surface area contributed by atoms with E-state index in [1.54, 1.807) is 6.92 Å². The molecule has 0 aromatic carbocycles. The van der Waals surface area contributed by atoms with Gasteiger partial charge in [-0.1, -0.05) is 13.8 Å². The van der Waals surface area contributed by atoms with Gasteiger partial charge >= 0.3 is 5.97 Å². The maximum absolute atomic E-state index is 10.5.